The number of hydrogen-bond acceptors (Lipinski definition) is 4. The number of benzene rings is 1. The molecule has 1 N–H and O–H groups in total. The molecule has 0 spiro atoms. The normalized spacial score (nSPS) is 9.88. The van der Waals surface area contributed by atoms with Crippen molar-refractivity contribution in [1.29, 1.82) is 0 Å². The van der Waals surface area contributed by atoms with Gasteiger partial charge in [0.2, 0.25) is 0 Å². The van der Waals surface area contributed by atoms with Crippen molar-refractivity contribution < 1.29 is 4.92 Å². The third kappa shape index (κ3) is 2.78. The second-order valence-corrected chi connectivity index (χ2v) is 3.45. The molecule has 0 aliphatic rings. The lowest BCUT2D eigenvalue weighted by atomic mass is 10.2. The maximum Gasteiger partial charge on any atom is 0.292 e. The molecule has 1 aromatic carbocycles. The summed E-state index contributed by atoms with van der Waals surface area (Å²) in [6, 6.07) is 12.1. The lowest BCUT2D eigenvalue weighted by molar-refractivity contribution is -0.384. The Hall–Kier alpha value is -2.43. The van der Waals surface area contributed by atoms with Gasteiger partial charge in [0.15, 0.2) is 0 Å². The molecule has 0 radical (unpaired) electrons. The summed E-state index contributed by atoms with van der Waals surface area (Å²) in [6.07, 6.45) is 1.69. The van der Waals surface area contributed by atoms with E-state index in [2.05, 4.69) is 10.3 Å². The Balaban J connectivity index is 2.12. The van der Waals surface area contributed by atoms with Gasteiger partial charge in [0, 0.05) is 12.3 Å². The van der Waals surface area contributed by atoms with Crippen LogP contribution in [0.3, 0.4) is 0 Å². The Morgan fingerprint density at radius 3 is 2.65 bits per heavy atom. The second kappa shape index (κ2) is 5.07. The van der Waals surface area contributed by atoms with E-state index in [1.54, 1.807) is 24.4 Å². The number of nitro groups is 1. The number of para-hydroxylation sites is 2. The van der Waals surface area contributed by atoms with Crippen LogP contribution in [0.5, 0.6) is 0 Å². The molecule has 17 heavy (non-hydrogen) atoms. The molecule has 0 saturated heterocycles. The molecule has 0 aliphatic heterocycles. The zero-order valence-electron chi connectivity index (χ0n) is 9.04. The van der Waals surface area contributed by atoms with Crippen molar-refractivity contribution in [2.75, 3.05) is 5.32 Å². The van der Waals surface area contributed by atoms with E-state index in [9.17, 15) is 10.1 Å². The van der Waals surface area contributed by atoms with Crippen LogP contribution in [-0.4, -0.2) is 9.91 Å². The Kier molecular flexibility index (Phi) is 3.30. The molecular formula is C12H11N3O2. The van der Waals surface area contributed by atoms with E-state index in [0.717, 1.165) is 5.69 Å². The highest BCUT2D eigenvalue weighted by Gasteiger charge is 2.11. The third-order valence-electron chi connectivity index (χ3n) is 2.29. The van der Waals surface area contributed by atoms with Crippen LogP contribution < -0.4 is 5.32 Å². The summed E-state index contributed by atoms with van der Waals surface area (Å²) in [7, 11) is 0. The summed E-state index contributed by atoms with van der Waals surface area (Å²) >= 11 is 0. The summed E-state index contributed by atoms with van der Waals surface area (Å²) in [5.74, 6) is 0. The van der Waals surface area contributed by atoms with Crippen LogP contribution in [0.25, 0.3) is 0 Å². The Labute approximate surface area is 98.3 Å². The van der Waals surface area contributed by atoms with Gasteiger partial charge in [-0.1, -0.05) is 18.2 Å². The highest BCUT2D eigenvalue weighted by Crippen LogP contribution is 2.23. The molecule has 86 valence electrons. The first kappa shape index (κ1) is 11.1. The summed E-state index contributed by atoms with van der Waals surface area (Å²) < 4.78 is 0. The first-order valence-electron chi connectivity index (χ1n) is 5.14. The monoisotopic (exact) mass is 229 g/mol. The number of pyridine rings is 1. The van der Waals surface area contributed by atoms with Crippen LogP contribution in [-0.2, 0) is 6.54 Å². The summed E-state index contributed by atoms with van der Waals surface area (Å²) in [5.41, 5.74) is 1.41. The molecular weight excluding hydrogens is 218 g/mol. The summed E-state index contributed by atoms with van der Waals surface area (Å²) in [5, 5.41) is 13.8. The van der Waals surface area contributed by atoms with Crippen LogP contribution in [0.15, 0.2) is 48.7 Å². The average molecular weight is 229 g/mol. The Bertz CT molecular complexity index is 514. The molecule has 5 nitrogen and oxygen atoms in total. The fourth-order valence-electron chi connectivity index (χ4n) is 1.47. The SMILES string of the molecule is O=[N+]([O-])c1ccccc1NCc1ccccn1. The van der Waals surface area contributed by atoms with E-state index in [1.165, 1.54) is 6.07 Å². The number of rotatable bonds is 4. The standard InChI is InChI=1S/C12H11N3O2/c16-15(17)12-7-2-1-6-11(12)14-9-10-5-3-4-8-13-10/h1-8,14H,9H2. The van der Waals surface area contributed by atoms with Crippen LogP contribution in [0.4, 0.5) is 11.4 Å². The number of nitrogens with one attached hydrogen (secondary N) is 1. The van der Waals surface area contributed by atoms with E-state index in [0.29, 0.717) is 12.2 Å². The van der Waals surface area contributed by atoms with Gasteiger partial charge < -0.3 is 5.32 Å². The van der Waals surface area contributed by atoms with Crippen molar-refractivity contribution in [3.8, 4) is 0 Å². The quantitative estimate of drug-likeness (QED) is 0.646. The largest absolute Gasteiger partial charge is 0.374 e. The van der Waals surface area contributed by atoms with Crippen molar-refractivity contribution >= 4 is 11.4 Å². The minimum Gasteiger partial charge on any atom is -0.374 e. The van der Waals surface area contributed by atoms with Crippen LogP contribution in [0, 0.1) is 10.1 Å². The highest BCUT2D eigenvalue weighted by atomic mass is 16.6. The van der Waals surface area contributed by atoms with Gasteiger partial charge in [-0.2, -0.15) is 0 Å². The smallest absolute Gasteiger partial charge is 0.292 e. The Morgan fingerprint density at radius 1 is 1.18 bits per heavy atom. The molecule has 0 bridgehead atoms. The minimum absolute atomic E-state index is 0.0726. The predicted molar refractivity (Wildman–Crippen MR) is 64.7 cm³/mol. The summed E-state index contributed by atoms with van der Waals surface area (Å²) in [4.78, 5) is 14.5. The number of hydrogen-bond donors (Lipinski definition) is 1. The molecule has 1 aromatic heterocycles. The molecule has 1 heterocycles. The van der Waals surface area contributed by atoms with E-state index in [4.69, 9.17) is 0 Å². The highest BCUT2D eigenvalue weighted by molar-refractivity contribution is 5.61. The molecule has 2 aromatic rings. The van der Waals surface area contributed by atoms with E-state index in [-0.39, 0.29) is 5.69 Å². The molecule has 0 unspecified atom stereocenters. The van der Waals surface area contributed by atoms with Gasteiger partial charge in [-0.25, -0.2) is 0 Å². The number of anilines is 1. The van der Waals surface area contributed by atoms with Gasteiger partial charge in [-0.3, -0.25) is 15.1 Å². The van der Waals surface area contributed by atoms with Gasteiger partial charge in [0.25, 0.3) is 5.69 Å². The molecule has 0 fully saturated rings. The zero-order valence-corrected chi connectivity index (χ0v) is 9.04. The lowest BCUT2D eigenvalue weighted by Crippen LogP contribution is -2.03. The van der Waals surface area contributed by atoms with E-state index >= 15 is 0 Å². The van der Waals surface area contributed by atoms with Crippen molar-refractivity contribution in [3.63, 3.8) is 0 Å². The van der Waals surface area contributed by atoms with Crippen LogP contribution in [0.1, 0.15) is 5.69 Å². The lowest BCUT2D eigenvalue weighted by Gasteiger charge is -2.05. The van der Waals surface area contributed by atoms with Crippen molar-refractivity contribution in [1.82, 2.24) is 4.98 Å². The van der Waals surface area contributed by atoms with Crippen molar-refractivity contribution in [2.45, 2.75) is 6.54 Å². The van der Waals surface area contributed by atoms with Crippen LogP contribution in [0.2, 0.25) is 0 Å². The second-order valence-electron chi connectivity index (χ2n) is 3.45. The number of nitro benzene ring substituents is 1. The summed E-state index contributed by atoms with van der Waals surface area (Å²) in [6.45, 7) is 0.464. The molecule has 2 rings (SSSR count). The molecule has 5 heteroatoms. The molecule has 0 atom stereocenters. The van der Waals surface area contributed by atoms with Crippen LogP contribution >= 0.6 is 0 Å². The van der Waals surface area contributed by atoms with Gasteiger partial charge in [-0.15, -0.1) is 0 Å². The number of aromatic nitrogens is 1. The first-order chi connectivity index (χ1) is 8.27. The zero-order chi connectivity index (χ0) is 12.1. The first-order valence-corrected chi connectivity index (χ1v) is 5.14. The molecule has 0 amide bonds. The van der Waals surface area contributed by atoms with Gasteiger partial charge in [0.1, 0.15) is 5.69 Å². The minimum atomic E-state index is -0.402. The average Bonchev–Trinajstić information content (AvgIpc) is 2.38. The molecule has 0 aliphatic carbocycles. The van der Waals surface area contributed by atoms with E-state index < -0.39 is 4.92 Å². The predicted octanol–water partition coefficient (Wildman–Crippen LogP) is 2.60. The maximum atomic E-state index is 10.8. The molecule has 0 saturated carbocycles. The van der Waals surface area contributed by atoms with Gasteiger partial charge in [0.05, 0.1) is 17.2 Å². The van der Waals surface area contributed by atoms with Gasteiger partial charge >= 0.3 is 0 Å². The fraction of sp³-hybridized carbons (Fsp3) is 0.0833. The number of nitrogens with zero attached hydrogens (tertiary/aromatic N) is 2. The van der Waals surface area contributed by atoms with Crippen molar-refractivity contribution in [3.05, 3.63) is 64.5 Å². The van der Waals surface area contributed by atoms with Gasteiger partial charge in [-0.05, 0) is 18.2 Å². The maximum absolute atomic E-state index is 10.8. The Morgan fingerprint density at radius 2 is 1.94 bits per heavy atom. The van der Waals surface area contributed by atoms with E-state index in [1.807, 2.05) is 18.2 Å². The third-order valence-corrected chi connectivity index (χ3v) is 2.29. The fourth-order valence-corrected chi connectivity index (χ4v) is 1.47. The topological polar surface area (TPSA) is 68.1 Å². The van der Waals surface area contributed by atoms with Crippen molar-refractivity contribution in [2.24, 2.45) is 0 Å².